The zero-order valence-corrected chi connectivity index (χ0v) is 18.6. The molecule has 4 rings (SSSR count). The lowest BCUT2D eigenvalue weighted by Gasteiger charge is -2.30. The van der Waals surface area contributed by atoms with Crippen LogP contribution < -0.4 is 10.6 Å². The van der Waals surface area contributed by atoms with E-state index in [4.69, 9.17) is 16.6 Å². The summed E-state index contributed by atoms with van der Waals surface area (Å²) in [6, 6.07) is 16.1. The van der Waals surface area contributed by atoms with Gasteiger partial charge in [0.2, 0.25) is 0 Å². The van der Waals surface area contributed by atoms with Crippen molar-refractivity contribution >= 4 is 45.9 Å². The molecule has 0 saturated heterocycles. The molecular formula is C24H27ClN6. The van der Waals surface area contributed by atoms with Crippen LogP contribution in [0, 0.1) is 0 Å². The van der Waals surface area contributed by atoms with Crippen LogP contribution in [-0.4, -0.2) is 41.3 Å². The standard InChI is InChI=1S/C24H27ClN6/c1-3-31(4-2)24-27-14-12-23(30-24)28-16-17-5-8-19(9-6-17)29-21-11-13-26-22-15-18(25)7-10-20(21)22/h5-11,13-15,24H,3-4,12,16H2,1-2H3,(H,26,29)(H,28,30). The fraction of sp³-hybridized carbons (Fsp3) is 0.292. The van der Waals surface area contributed by atoms with Crippen LogP contribution in [-0.2, 0) is 6.54 Å². The molecule has 2 N–H and O–H groups in total. The van der Waals surface area contributed by atoms with E-state index in [9.17, 15) is 0 Å². The Bertz CT molecular complexity index is 1090. The summed E-state index contributed by atoms with van der Waals surface area (Å²) in [6.45, 7) is 6.83. The number of aliphatic imine (C=N–C) groups is 2. The Morgan fingerprint density at radius 3 is 2.71 bits per heavy atom. The molecule has 1 aliphatic heterocycles. The second-order valence-corrected chi connectivity index (χ2v) is 7.82. The molecule has 2 aromatic carbocycles. The maximum absolute atomic E-state index is 6.09. The average molecular weight is 435 g/mol. The summed E-state index contributed by atoms with van der Waals surface area (Å²) in [5.41, 5.74) is 4.05. The van der Waals surface area contributed by atoms with Crippen LogP contribution in [0.2, 0.25) is 5.02 Å². The number of nitrogens with one attached hydrogen (secondary N) is 2. The molecule has 1 atom stereocenters. The summed E-state index contributed by atoms with van der Waals surface area (Å²) in [7, 11) is 0. The van der Waals surface area contributed by atoms with Crippen LogP contribution in [0.4, 0.5) is 11.4 Å². The molecule has 0 fully saturated rings. The molecule has 0 spiro atoms. The number of halogens is 1. The van der Waals surface area contributed by atoms with E-state index in [0.717, 1.165) is 53.2 Å². The summed E-state index contributed by atoms with van der Waals surface area (Å²) < 4.78 is 0. The molecule has 0 saturated carbocycles. The number of hydrogen-bond acceptors (Lipinski definition) is 5. The zero-order valence-electron chi connectivity index (χ0n) is 17.8. The molecule has 1 aromatic heterocycles. The normalized spacial score (nSPS) is 17.3. The first kappa shape index (κ1) is 21.3. The first-order chi connectivity index (χ1) is 15.2. The molecule has 0 aliphatic carbocycles. The van der Waals surface area contributed by atoms with Gasteiger partial charge in [0.15, 0.2) is 6.29 Å². The minimum atomic E-state index is -0.0147. The number of amidine groups is 1. The molecule has 31 heavy (non-hydrogen) atoms. The van der Waals surface area contributed by atoms with Crippen molar-refractivity contribution < 1.29 is 0 Å². The van der Waals surface area contributed by atoms with Gasteiger partial charge in [0.1, 0.15) is 5.84 Å². The van der Waals surface area contributed by atoms with E-state index in [-0.39, 0.29) is 6.29 Å². The van der Waals surface area contributed by atoms with Crippen molar-refractivity contribution in [2.45, 2.75) is 33.1 Å². The van der Waals surface area contributed by atoms with Gasteiger partial charge in [-0.15, -0.1) is 0 Å². The molecular weight excluding hydrogens is 408 g/mol. The number of hydrogen-bond donors (Lipinski definition) is 2. The van der Waals surface area contributed by atoms with Gasteiger partial charge in [-0.05, 0) is 55.1 Å². The lowest BCUT2D eigenvalue weighted by atomic mass is 10.1. The third kappa shape index (κ3) is 5.21. The molecule has 6 nitrogen and oxygen atoms in total. The predicted octanol–water partition coefficient (Wildman–Crippen LogP) is 5.22. The highest BCUT2D eigenvalue weighted by atomic mass is 35.5. The Morgan fingerprint density at radius 1 is 1.13 bits per heavy atom. The summed E-state index contributed by atoms with van der Waals surface area (Å²) in [5, 5.41) is 8.64. The van der Waals surface area contributed by atoms with Crippen LogP contribution >= 0.6 is 11.6 Å². The second-order valence-electron chi connectivity index (χ2n) is 7.38. The lowest BCUT2D eigenvalue weighted by molar-refractivity contribution is 0.207. The maximum Gasteiger partial charge on any atom is 0.176 e. The lowest BCUT2D eigenvalue weighted by Crippen LogP contribution is -2.49. The topological polar surface area (TPSA) is 64.9 Å². The number of nitrogens with zero attached hydrogens (tertiary/aromatic N) is 4. The van der Waals surface area contributed by atoms with Gasteiger partial charge in [0.25, 0.3) is 0 Å². The van der Waals surface area contributed by atoms with Crippen LogP contribution in [0.3, 0.4) is 0 Å². The average Bonchev–Trinajstić information content (AvgIpc) is 2.80. The Kier molecular flexibility index (Phi) is 6.79. The molecule has 0 radical (unpaired) electrons. The minimum absolute atomic E-state index is 0.0147. The molecule has 0 bridgehead atoms. The number of anilines is 2. The van der Waals surface area contributed by atoms with Crippen LogP contribution in [0.25, 0.3) is 10.9 Å². The van der Waals surface area contributed by atoms with Crippen LogP contribution in [0.1, 0.15) is 25.8 Å². The Balaban J connectivity index is 1.41. The van der Waals surface area contributed by atoms with Crippen molar-refractivity contribution in [3.05, 3.63) is 65.3 Å². The fourth-order valence-electron chi connectivity index (χ4n) is 3.62. The molecule has 0 amide bonds. The fourth-order valence-corrected chi connectivity index (χ4v) is 3.78. The number of rotatable bonds is 7. The molecule has 1 aliphatic rings. The van der Waals surface area contributed by atoms with E-state index in [1.165, 1.54) is 0 Å². The van der Waals surface area contributed by atoms with Crippen molar-refractivity contribution in [2.24, 2.45) is 9.98 Å². The molecule has 2 heterocycles. The monoisotopic (exact) mass is 434 g/mol. The number of aromatic nitrogens is 1. The van der Waals surface area contributed by atoms with Crippen molar-refractivity contribution in [3.63, 3.8) is 0 Å². The highest BCUT2D eigenvalue weighted by molar-refractivity contribution is 6.31. The Labute approximate surface area is 188 Å². The summed E-state index contributed by atoms with van der Waals surface area (Å²) in [4.78, 5) is 16.0. The second kappa shape index (κ2) is 9.90. The van der Waals surface area contributed by atoms with Gasteiger partial charge in [-0.25, -0.2) is 0 Å². The third-order valence-electron chi connectivity index (χ3n) is 5.38. The third-order valence-corrected chi connectivity index (χ3v) is 5.61. The van der Waals surface area contributed by atoms with Gasteiger partial charge >= 0.3 is 0 Å². The minimum Gasteiger partial charge on any atom is -0.355 e. The van der Waals surface area contributed by atoms with Crippen LogP contribution in [0.15, 0.2) is 64.7 Å². The van der Waals surface area contributed by atoms with E-state index in [2.05, 4.69) is 63.6 Å². The maximum atomic E-state index is 6.09. The summed E-state index contributed by atoms with van der Waals surface area (Å²) in [6.07, 6.45) is 4.48. The summed E-state index contributed by atoms with van der Waals surface area (Å²) >= 11 is 6.09. The smallest absolute Gasteiger partial charge is 0.176 e. The first-order valence-corrected chi connectivity index (χ1v) is 11.0. The number of pyridine rings is 1. The molecule has 7 heteroatoms. The van der Waals surface area contributed by atoms with Gasteiger partial charge in [-0.1, -0.05) is 37.6 Å². The highest BCUT2D eigenvalue weighted by Gasteiger charge is 2.17. The quantitative estimate of drug-likeness (QED) is 0.535. The molecule has 160 valence electrons. The van der Waals surface area contributed by atoms with Crippen molar-refractivity contribution in [1.82, 2.24) is 15.2 Å². The van der Waals surface area contributed by atoms with Gasteiger partial charge < -0.3 is 10.6 Å². The van der Waals surface area contributed by atoms with E-state index < -0.39 is 0 Å². The van der Waals surface area contributed by atoms with Gasteiger partial charge in [0.05, 0.1) is 12.1 Å². The Hall–Kier alpha value is -2.96. The van der Waals surface area contributed by atoms with Gasteiger partial charge in [-0.3, -0.25) is 19.9 Å². The van der Waals surface area contributed by atoms with Gasteiger partial charge in [-0.2, -0.15) is 0 Å². The number of fused-ring (bicyclic) bond motifs is 1. The predicted molar refractivity (Wildman–Crippen MR) is 131 cm³/mol. The Morgan fingerprint density at radius 2 is 1.94 bits per heavy atom. The zero-order chi connectivity index (χ0) is 21.6. The highest BCUT2D eigenvalue weighted by Crippen LogP contribution is 2.27. The van der Waals surface area contributed by atoms with E-state index in [1.807, 2.05) is 30.5 Å². The number of benzene rings is 2. The van der Waals surface area contributed by atoms with Crippen LogP contribution in [0.5, 0.6) is 0 Å². The molecule has 3 aromatic rings. The van der Waals surface area contributed by atoms with Crippen molar-refractivity contribution in [2.75, 3.05) is 18.4 Å². The SMILES string of the molecule is CCN(CC)C1N=CCC(=NCc2ccc(Nc3ccnc4cc(Cl)ccc34)cc2)N1. The van der Waals surface area contributed by atoms with E-state index in [0.29, 0.717) is 11.6 Å². The van der Waals surface area contributed by atoms with Gasteiger partial charge in [0, 0.05) is 40.6 Å². The molecule has 1 unspecified atom stereocenters. The summed E-state index contributed by atoms with van der Waals surface area (Å²) in [5.74, 6) is 0.982. The van der Waals surface area contributed by atoms with E-state index in [1.54, 1.807) is 6.20 Å². The van der Waals surface area contributed by atoms with Crippen molar-refractivity contribution in [1.29, 1.82) is 0 Å². The largest absolute Gasteiger partial charge is 0.355 e. The van der Waals surface area contributed by atoms with Crippen molar-refractivity contribution in [3.8, 4) is 0 Å². The first-order valence-electron chi connectivity index (χ1n) is 10.6. The van der Waals surface area contributed by atoms with E-state index >= 15 is 0 Å².